The molecule has 3 rings (SSSR count). The van der Waals surface area contributed by atoms with Crippen LogP contribution in [0.2, 0.25) is 0 Å². The minimum Gasteiger partial charge on any atom is -0.490 e. The fourth-order valence-corrected chi connectivity index (χ4v) is 2.91. The van der Waals surface area contributed by atoms with Crippen molar-refractivity contribution in [2.45, 2.75) is 65.0 Å². The molecule has 1 aromatic carbocycles. The third-order valence-corrected chi connectivity index (χ3v) is 4.50. The Hall–Kier alpha value is -1.02. The van der Waals surface area contributed by atoms with Gasteiger partial charge in [-0.2, -0.15) is 0 Å². The highest BCUT2D eigenvalue weighted by molar-refractivity contribution is 5.40. The maximum Gasteiger partial charge on any atom is 0.123 e. The van der Waals surface area contributed by atoms with Gasteiger partial charge in [-0.3, -0.25) is 0 Å². The second kappa shape index (κ2) is 5.40. The number of nitrogens with one attached hydrogen (secondary N) is 1. The summed E-state index contributed by atoms with van der Waals surface area (Å²) in [5.74, 6) is 1.09. The van der Waals surface area contributed by atoms with Crippen LogP contribution in [0.4, 0.5) is 0 Å². The van der Waals surface area contributed by atoms with E-state index in [9.17, 15) is 0 Å². The van der Waals surface area contributed by atoms with E-state index < -0.39 is 0 Å². The van der Waals surface area contributed by atoms with Crippen LogP contribution in [0, 0.1) is 5.41 Å². The Bertz CT molecular complexity index is 476. The van der Waals surface area contributed by atoms with Crippen LogP contribution in [0.25, 0.3) is 0 Å². The Morgan fingerprint density at radius 3 is 2.85 bits per heavy atom. The van der Waals surface area contributed by atoms with E-state index >= 15 is 0 Å². The largest absolute Gasteiger partial charge is 0.490 e. The molecule has 2 heteroatoms. The van der Waals surface area contributed by atoms with Gasteiger partial charge in [0.25, 0.3) is 0 Å². The monoisotopic (exact) mass is 273 g/mol. The van der Waals surface area contributed by atoms with Crippen molar-refractivity contribution in [3.8, 4) is 5.75 Å². The predicted octanol–water partition coefficient (Wildman–Crippen LogP) is 3.72. The van der Waals surface area contributed by atoms with Crippen LogP contribution in [0.1, 0.15) is 51.2 Å². The van der Waals surface area contributed by atoms with Gasteiger partial charge in [0.15, 0.2) is 0 Å². The molecule has 0 amide bonds. The van der Waals surface area contributed by atoms with Crippen molar-refractivity contribution in [1.82, 2.24) is 5.32 Å². The van der Waals surface area contributed by atoms with E-state index in [4.69, 9.17) is 4.74 Å². The van der Waals surface area contributed by atoms with Gasteiger partial charge in [0, 0.05) is 19.0 Å². The highest BCUT2D eigenvalue weighted by Gasteiger charge is 2.25. The van der Waals surface area contributed by atoms with E-state index in [0.29, 0.717) is 11.5 Å². The molecular weight excluding hydrogens is 246 g/mol. The van der Waals surface area contributed by atoms with Crippen molar-refractivity contribution in [3.63, 3.8) is 0 Å². The van der Waals surface area contributed by atoms with Gasteiger partial charge >= 0.3 is 0 Å². The normalized spacial score (nSPS) is 21.6. The Kier molecular flexibility index (Phi) is 3.76. The smallest absolute Gasteiger partial charge is 0.123 e. The lowest BCUT2D eigenvalue weighted by molar-refractivity contribution is 0.254. The molecule has 20 heavy (non-hydrogen) atoms. The van der Waals surface area contributed by atoms with E-state index in [1.54, 1.807) is 0 Å². The minimum absolute atomic E-state index is 0.347. The third kappa shape index (κ3) is 3.54. The molecule has 110 valence electrons. The molecule has 0 bridgehead atoms. The lowest BCUT2D eigenvalue weighted by Crippen LogP contribution is -2.31. The molecule has 0 saturated heterocycles. The van der Waals surface area contributed by atoms with Crippen LogP contribution in [0.5, 0.6) is 5.75 Å². The summed E-state index contributed by atoms with van der Waals surface area (Å²) in [6.45, 7) is 8.04. The van der Waals surface area contributed by atoms with Gasteiger partial charge in [-0.05, 0) is 55.2 Å². The highest BCUT2D eigenvalue weighted by atomic mass is 16.5. The van der Waals surface area contributed by atoms with Gasteiger partial charge in [-0.1, -0.05) is 26.0 Å². The maximum atomic E-state index is 5.77. The molecule has 1 saturated carbocycles. The summed E-state index contributed by atoms with van der Waals surface area (Å²) < 4.78 is 5.77. The second-order valence-electron chi connectivity index (χ2n) is 7.39. The van der Waals surface area contributed by atoms with Gasteiger partial charge < -0.3 is 10.1 Å². The summed E-state index contributed by atoms with van der Waals surface area (Å²) in [4.78, 5) is 0. The van der Waals surface area contributed by atoms with Gasteiger partial charge in [0.05, 0.1) is 0 Å². The SMILES string of the molecule is CC1Cc2cc(CCC(C)(C)CNC3CC3)ccc2O1. The van der Waals surface area contributed by atoms with Crippen LogP contribution in [-0.4, -0.2) is 18.7 Å². The molecule has 1 heterocycles. The van der Waals surface area contributed by atoms with Crippen LogP contribution < -0.4 is 10.1 Å². The van der Waals surface area contributed by atoms with E-state index in [2.05, 4.69) is 44.3 Å². The van der Waals surface area contributed by atoms with Crippen molar-refractivity contribution in [2.75, 3.05) is 6.54 Å². The minimum atomic E-state index is 0.347. The first-order valence-corrected chi connectivity index (χ1v) is 8.04. The molecule has 0 aromatic heterocycles. The molecule has 1 N–H and O–H groups in total. The molecule has 0 radical (unpaired) electrons. The first kappa shape index (κ1) is 13.9. The second-order valence-corrected chi connectivity index (χ2v) is 7.39. The molecule has 0 spiro atoms. The number of rotatable bonds is 6. The predicted molar refractivity (Wildman–Crippen MR) is 83.4 cm³/mol. The molecule has 1 atom stereocenters. The van der Waals surface area contributed by atoms with Crippen molar-refractivity contribution in [1.29, 1.82) is 0 Å². The van der Waals surface area contributed by atoms with Crippen LogP contribution in [-0.2, 0) is 12.8 Å². The Morgan fingerprint density at radius 2 is 2.10 bits per heavy atom. The van der Waals surface area contributed by atoms with Crippen molar-refractivity contribution >= 4 is 0 Å². The summed E-state index contributed by atoms with van der Waals surface area (Å²) in [5, 5.41) is 3.66. The van der Waals surface area contributed by atoms with Gasteiger partial charge in [-0.25, -0.2) is 0 Å². The molecule has 1 unspecified atom stereocenters. The van der Waals surface area contributed by atoms with Crippen LogP contribution in [0.3, 0.4) is 0 Å². The summed E-state index contributed by atoms with van der Waals surface area (Å²) in [5.41, 5.74) is 3.23. The van der Waals surface area contributed by atoms with E-state index in [0.717, 1.165) is 24.8 Å². The maximum absolute atomic E-state index is 5.77. The molecule has 1 aliphatic carbocycles. The Labute approximate surface area is 122 Å². The van der Waals surface area contributed by atoms with Gasteiger partial charge in [0.1, 0.15) is 11.9 Å². The molecule has 1 aromatic rings. The first-order chi connectivity index (χ1) is 9.52. The van der Waals surface area contributed by atoms with Gasteiger partial charge in [-0.15, -0.1) is 0 Å². The van der Waals surface area contributed by atoms with E-state index in [-0.39, 0.29) is 0 Å². The third-order valence-electron chi connectivity index (χ3n) is 4.50. The van der Waals surface area contributed by atoms with Crippen LogP contribution in [0.15, 0.2) is 18.2 Å². The molecule has 2 nitrogen and oxygen atoms in total. The number of fused-ring (bicyclic) bond motifs is 1. The number of ether oxygens (including phenoxy) is 1. The molecular formula is C18H27NO. The zero-order valence-corrected chi connectivity index (χ0v) is 13.0. The van der Waals surface area contributed by atoms with Gasteiger partial charge in [0.2, 0.25) is 0 Å². The van der Waals surface area contributed by atoms with Crippen molar-refractivity contribution in [2.24, 2.45) is 5.41 Å². The average molecular weight is 273 g/mol. The summed E-state index contributed by atoms with van der Waals surface area (Å²) in [6.07, 6.45) is 6.57. The number of benzene rings is 1. The fourth-order valence-electron chi connectivity index (χ4n) is 2.91. The topological polar surface area (TPSA) is 21.3 Å². The summed E-state index contributed by atoms with van der Waals surface area (Å²) in [7, 11) is 0. The number of hydrogen-bond donors (Lipinski definition) is 1. The molecule has 2 aliphatic rings. The fraction of sp³-hybridized carbons (Fsp3) is 0.667. The van der Waals surface area contributed by atoms with E-state index in [1.807, 2.05) is 0 Å². The summed E-state index contributed by atoms with van der Waals surface area (Å²) in [6, 6.07) is 7.56. The standard InChI is InChI=1S/C18H27NO/c1-13-10-15-11-14(4-7-17(15)20-13)8-9-18(2,3)12-19-16-5-6-16/h4,7,11,13,16,19H,5-6,8-10,12H2,1-3H3. The lowest BCUT2D eigenvalue weighted by Gasteiger charge is -2.25. The molecule has 1 fully saturated rings. The molecule has 1 aliphatic heterocycles. The Morgan fingerprint density at radius 1 is 1.30 bits per heavy atom. The zero-order valence-electron chi connectivity index (χ0n) is 13.0. The lowest BCUT2D eigenvalue weighted by atomic mass is 9.86. The number of aryl methyl sites for hydroxylation is 1. The number of hydrogen-bond acceptors (Lipinski definition) is 2. The van der Waals surface area contributed by atoms with E-state index in [1.165, 1.54) is 36.8 Å². The van der Waals surface area contributed by atoms with Crippen molar-refractivity contribution in [3.05, 3.63) is 29.3 Å². The quantitative estimate of drug-likeness (QED) is 0.853. The highest BCUT2D eigenvalue weighted by Crippen LogP contribution is 2.31. The van der Waals surface area contributed by atoms with Crippen LogP contribution >= 0.6 is 0 Å². The zero-order chi connectivity index (χ0) is 14.2. The average Bonchev–Trinajstić information content (AvgIpc) is 3.15. The summed E-state index contributed by atoms with van der Waals surface area (Å²) >= 11 is 0. The van der Waals surface area contributed by atoms with Crippen molar-refractivity contribution < 1.29 is 4.74 Å². The first-order valence-electron chi connectivity index (χ1n) is 8.04. The Balaban J connectivity index is 1.53.